The number of hydrogen-bond donors (Lipinski definition) is 0. The molecule has 0 atom stereocenters. The van der Waals surface area contributed by atoms with Crippen LogP contribution >= 0.6 is 23.2 Å². The molecule has 1 aliphatic rings. The van der Waals surface area contributed by atoms with Crippen LogP contribution in [0.2, 0.25) is 10.0 Å². The van der Waals surface area contributed by atoms with Crippen molar-refractivity contribution in [2.75, 3.05) is 32.8 Å². The Morgan fingerprint density at radius 1 is 1.14 bits per heavy atom. The van der Waals surface area contributed by atoms with Crippen LogP contribution in [0.3, 0.4) is 0 Å². The van der Waals surface area contributed by atoms with Crippen LogP contribution in [-0.4, -0.2) is 54.3 Å². The van der Waals surface area contributed by atoms with Gasteiger partial charge in [0.05, 0.1) is 11.6 Å². The lowest BCUT2D eigenvalue weighted by Gasteiger charge is -2.35. The summed E-state index contributed by atoms with van der Waals surface area (Å²) in [6, 6.07) is 1.92. The fraction of sp³-hybridized carbons (Fsp3) is 0.667. The lowest BCUT2D eigenvalue weighted by Crippen LogP contribution is -2.49. The van der Waals surface area contributed by atoms with Crippen LogP contribution in [0, 0.1) is 6.92 Å². The second kappa shape index (κ2) is 11.1. The third kappa shape index (κ3) is 7.02. The topological polar surface area (TPSA) is 42.0 Å². The molecule has 0 spiro atoms. The number of halogens is 2. The van der Waals surface area contributed by atoms with E-state index >= 15 is 0 Å². The fourth-order valence-electron chi connectivity index (χ4n) is 2.82. The molecule has 1 aromatic carbocycles. The molecule has 1 aromatic rings. The molecule has 7 heteroatoms. The van der Waals surface area contributed by atoms with Gasteiger partial charge in [-0.15, -0.1) is 0 Å². The van der Waals surface area contributed by atoms with Gasteiger partial charge in [-0.2, -0.15) is 0 Å². The molecular weight excluding hydrogens is 399 g/mol. The lowest BCUT2D eigenvalue weighted by molar-refractivity contribution is 0.0138. The highest BCUT2D eigenvalue weighted by Crippen LogP contribution is 2.37. The Morgan fingerprint density at radius 2 is 1.71 bits per heavy atom. The number of carbonyl (C=O) groups excluding carboxylic acids is 1. The standard InChI is InChI=1S/C19H28Cl2N2O3.C2H6/c1-6-25-17-14(11-15(20)13(2)16(17)21)12-22-7-9-23(10-8-22)18(24)26-19(3,4)5;1-2/h11H,6-10,12H2,1-5H3;1-2H3. The Labute approximate surface area is 179 Å². The smallest absolute Gasteiger partial charge is 0.410 e. The van der Waals surface area contributed by atoms with Crippen molar-refractivity contribution in [2.24, 2.45) is 0 Å². The van der Waals surface area contributed by atoms with E-state index in [4.69, 9.17) is 32.7 Å². The predicted octanol–water partition coefficient (Wildman–Crippen LogP) is 5.78. The highest BCUT2D eigenvalue weighted by atomic mass is 35.5. The molecule has 0 radical (unpaired) electrons. The van der Waals surface area contributed by atoms with Crippen molar-refractivity contribution in [1.82, 2.24) is 9.80 Å². The summed E-state index contributed by atoms with van der Waals surface area (Å²) in [5.41, 5.74) is 1.32. The number of rotatable bonds is 4. The maximum atomic E-state index is 12.2. The summed E-state index contributed by atoms with van der Waals surface area (Å²) in [7, 11) is 0. The van der Waals surface area contributed by atoms with Gasteiger partial charge in [0.15, 0.2) is 0 Å². The highest BCUT2D eigenvalue weighted by Gasteiger charge is 2.26. The van der Waals surface area contributed by atoms with Gasteiger partial charge in [-0.25, -0.2) is 4.79 Å². The number of nitrogens with zero attached hydrogens (tertiary/aromatic N) is 2. The van der Waals surface area contributed by atoms with Gasteiger partial charge in [0.2, 0.25) is 0 Å². The monoisotopic (exact) mass is 432 g/mol. The minimum atomic E-state index is -0.476. The number of ether oxygens (including phenoxy) is 2. The third-order valence-corrected chi connectivity index (χ3v) is 5.03. The van der Waals surface area contributed by atoms with Gasteiger partial charge in [0.1, 0.15) is 11.4 Å². The van der Waals surface area contributed by atoms with Crippen molar-refractivity contribution in [3.05, 3.63) is 27.2 Å². The fourth-order valence-corrected chi connectivity index (χ4v) is 3.37. The average Bonchev–Trinajstić information content (AvgIpc) is 2.64. The molecule has 160 valence electrons. The first-order valence-electron chi connectivity index (χ1n) is 9.93. The largest absolute Gasteiger partial charge is 0.492 e. The molecule has 1 heterocycles. The Hall–Kier alpha value is -1.17. The Bertz CT molecular complexity index is 652. The summed E-state index contributed by atoms with van der Waals surface area (Å²) < 4.78 is 11.2. The van der Waals surface area contributed by atoms with E-state index in [9.17, 15) is 4.79 Å². The SMILES string of the molecule is CC.CCOc1c(CN2CCN(C(=O)OC(C)(C)C)CC2)cc(Cl)c(C)c1Cl. The molecule has 2 rings (SSSR count). The highest BCUT2D eigenvalue weighted by molar-refractivity contribution is 6.37. The van der Waals surface area contributed by atoms with Crippen LogP contribution in [0.1, 0.15) is 52.7 Å². The molecule has 0 saturated carbocycles. The molecule has 0 bridgehead atoms. The van der Waals surface area contributed by atoms with Crippen molar-refractivity contribution in [1.29, 1.82) is 0 Å². The van der Waals surface area contributed by atoms with E-state index in [1.54, 1.807) is 4.90 Å². The number of hydrogen-bond acceptors (Lipinski definition) is 4. The summed E-state index contributed by atoms with van der Waals surface area (Å²) in [4.78, 5) is 16.2. The van der Waals surface area contributed by atoms with Crippen molar-refractivity contribution >= 4 is 29.3 Å². The van der Waals surface area contributed by atoms with Crippen LogP contribution < -0.4 is 4.74 Å². The zero-order valence-electron chi connectivity index (χ0n) is 18.2. The number of amides is 1. The molecule has 5 nitrogen and oxygen atoms in total. The maximum absolute atomic E-state index is 12.2. The second-order valence-corrected chi connectivity index (χ2v) is 8.25. The quantitative estimate of drug-likeness (QED) is 0.604. The van der Waals surface area contributed by atoms with E-state index in [-0.39, 0.29) is 6.09 Å². The van der Waals surface area contributed by atoms with Crippen molar-refractivity contribution in [2.45, 2.75) is 60.6 Å². The Kier molecular flexibility index (Phi) is 9.88. The van der Waals surface area contributed by atoms with E-state index in [2.05, 4.69) is 4.90 Å². The van der Waals surface area contributed by atoms with Crippen molar-refractivity contribution < 1.29 is 14.3 Å². The normalized spacial score (nSPS) is 15.0. The van der Waals surface area contributed by atoms with Gasteiger partial charge in [0, 0.05) is 43.3 Å². The zero-order valence-corrected chi connectivity index (χ0v) is 19.7. The van der Waals surface area contributed by atoms with Crippen LogP contribution in [0.4, 0.5) is 4.79 Å². The number of carbonyl (C=O) groups is 1. The van der Waals surface area contributed by atoms with Crippen LogP contribution in [0.5, 0.6) is 5.75 Å². The first-order valence-corrected chi connectivity index (χ1v) is 10.7. The summed E-state index contributed by atoms with van der Waals surface area (Å²) in [5, 5.41) is 1.21. The van der Waals surface area contributed by atoms with Crippen LogP contribution in [-0.2, 0) is 11.3 Å². The van der Waals surface area contributed by atoms with Gasteiger partial charge in [0.25, 0.3) is 0 Å². The molecular formula is C21H34Cl2N2O3. The van der Waals surface area contributed by atoms with Gasteiger partial charge >= 0.3 is 6.09 Å². The molecule has 0 aromatic heterocycles. The first kappa shape index (κ1) is 24.9. The van der Waals surface area contributed by atoms with E-state index in [1.165, 1.54) is 0 Å². The number of piperazine rings is 1. The van der Waals surface area contributed by atoms with Gasteiger partial charge in [-0.05, 0) is 46.2 Å². The molecule has 0 aliphatic carbocycles. The lowest BCUT2D eigenvalue weighted by atomic mass is 10.1. The summed E-state index contributed by atoms with van der Waals surface area (Å²) >= 11 is 12.7. The predicted molar refractivity (Wildman–Crippen MR) is 117 cm³/mol. The minimum absolute atomic E-state index is 0.256. The summed E-state index contributed by atoms with van der Waals surface area (Å²) in [5.74, 6) is 0.700. The Morgan fingerprint density at radius 3 is 2.21 bits per heavy atom. The zero-order chi connectivity index (χ0) is 21.5. The van der Waals surface area contributed by atoms with Crippen LogP contribution in [0.15, 0.2) is 6.07 Å². The molecule has 1 saturated heterocycles. The maximum Gasteiger partial charge on any atom is 0.410 e. The van der Waals surface area contributed by atoms with Crippen molar-refractivity contribution in [3.63, 3.8) is 0 Å². The molecule has 0 unspecified atom stereocenters. The summed E-state index contributed by atoms with van der Waals surface area (Å²) in [6.45, 7) is 17.4. The van der Waals surface area contributed by atoms with Crippen molar-refractivity contribution in [3.8, 4) is 5.75 Å². The molecule has 1 amide bonds. The molecule has 0 N–H and O–H groups in total. The minimum Gasteiger partial charge on any atom is -0.492 e. The third-order valence-electron chi connectivity index (χ3n) is 4.19. The average molecular weight is 433 g/mol. The second-order valence-electron chi connectivity index (χ2n) is 7.46. The number of benzene rings is 1. The van der Waals surface area contributed by atoms with E-state index in [0.717, 1.165) is 24.2 Å². The van der Waals surface area contributed by atoms with E-state index in [0.29, 0.717) is 42.0 Å². The van der Waals surface area contributed by atoms with Gasteiger partial charge < -0.3 is 14.4 Å². The van der Waals surface area contributed by atoms with Crippen LogP contribution in [0.25, 0.3) is 0 Å². The van der Waals surface area contributed by atoms with Gasteiger partial charge in [-0.3, -0.25) is 4.90 Å². The summed E-state index contributed by atoms with van der Waals surface area (Å²) in [6.07, 6.45) is -0.256. The van der Waals surface area contributed by atoms with E-state index < -0.39 is 5.60 Å². The van der Waals surface area contributed by atoms with E-state index in [1.807, 2.05) is 54.5 Å². The molecule has 1 aliphatic heterocycles. The molecule has 28 heavy (non-hydrogen) atoms. The van der Waals surface area contributed by atoms with Gasteiger partial charge in [-0.1, -0.05) is 37.0 Å². The first-order chi connectivity index (χ1) is 13.1. The Balaban J connectivity index is 0.00000190. The molecule has 1 fully saturated rings.